The fraction of sp³-hybridized carbons (Fsp3) is 0.750. The molecule has 1 N–H and O–H groups in total. The molecule has 0 saturated carbocycles. The van der Waals surface area contributed by atoms with Crippen LogP contribution in [-0.4, -0.2) is 70.0 Å². The van der Waals surface area contributed by atoms with Crippen molar-refractivity contribution in [1.29, 1.82) is 0 Å². The summed E-state index contributed by atoms with van der Waals surface area (Å²) in [6.45, 7) is 14.8. The van der Waals surface area contributed by atoms with Crippen molar-refractivity contribution in [1.82, 2.24) is 0 Å². The molecule has 0 aliphatic rings. The lowest BCUT2D eigenvalue weighted by Crippen LogP contribution is -2.46. The van der Waals surface area contributed by atoms with Crippen LogP contribution in [0.2, 0.25) is 0 Å². The number of hydrogen-bond acceptors (Lipinski definition) is 9. The van der Waals surface area contributed by atoms with Crippen molar-refractivity contribution in [3.63, 3.8) is 0 Å². The number of carboxylic acid groups (broad SMARTS) is 1. The van der Waals surface area contributed by atoms with Gasteiger partial charge in [0.1, 0.15) is 14.9 Å². The van der Waals surface area contributed by atoms with Gasteiger partial charge in [-0.05, 0) is 26.0 Å². The molecule has 3 atom stereocenters. The molecular formula is C20H31NO7S3. The third-order valence-electron chi connectivity index (χ3n) is 4.63. The number of carbonyl (C=O) groups excluding carboxylic acids is 2. The molecule has 0 saturated heterocycles. The van der Waals surface area contributed by atoms with Crippen LogP contribution in [0.25, 0.3) is 4.85 Å². The van der Waals surface area contributed by atoms with E-state index in [1.807, 2.05) is 6.92 Å². The van der Waals surface area contributed by atoms with Gasteiger partial charge in [-0.2, -0.15) is 0 Å². The van der Waals surface area contributed by atoms with Crippen molar-refractivity contribution in [3.05, 3.63) is 11.4 Å². The van der Waals surface area contributed by atoms with Crippen molar-refractivity contribution in [2.45, 2.75) is 57.2 Å². The van der Waals surface area contributed by atoms with Crippen molar-refractivity contribution >= 4 is 57.7 Å². The van der Waals surface area contributed by atoms with Gasteiger partial charge in [-0.3, -0.25) is 14.4 Å². The number of ether oxygens (including phenoxy) is 3. The Hall–Kier alpha value is -1.35. The molecule has 0 spiro atoms. The van der Waals surface area contributed by atoms with Crippen LogP contribution in [0.15, 0.2) is 0 Å². The van der Waals surface area contributed by atoms with Crippen LogP contribution in [0.4, 0.5) is 0 Å². The third kappa shape index (κ3) is 10.2. The number of carbonyl (C=O) groups is 3. The Kier molecular flexibility index (Phi) is 13.3. The number of rotatable bonds is 15. The molecule has 0 aliphatic carbocycles. The summed E-state index contributed by atoms with van der Waals surface area (Å²) in [6, 6.07) is 0. The molecule has 0 fully saturated rings. The molecule has 0 radical (unpaired) electrons. The van der Waals surface area contributed by atoms with Gasteiger partial charge in [-0.25, -0.2) is 6.57 Å². The van der Waals surface area contributed by atoms with E-state index in [0.717, 1.165) is 11.8 Å². The quantitative estimate of drug-likeness (QED) is 0.119. The van der Waals surface area contributed by atoms with Gasteiger partial charge < -0.3 is 24.2 Å². The van der Waals surface area contributed by atoms with Crippen molar-refractivity contribution < 1.29 is 33.7 Å². The van der Waals surface area contributed by atoms with E-state index in [4.69, 9.17) is 33.0 Å². The molecule has 0 aromatic heterocycles. The smallest absolute Gasteiger partial charge is 0.322 e. The minimum absolute atomic E-state index is 0.000379. The van der Waals surface area contributed by atoms with Gasteiger partial charge in [0.25, 0.3) is 6.47 Å². The zero-order valence-electron chi connectivity index (χ0n) is 18.6. The maximum Gasteiger partial charge on any atom is 0.322 e. The monoisotopic (exact) mass is 493 g/mol. The largest absolute Gasteiger partial charge is 0.481 e. The lowest BCUT2D eigenvalue weighted by Gasteiger charge is -2.36. The number of thioether (sulfide) groups is 2. The van der Waals surface area contributed by atoms with E-state index in [9.17, 15) is 19.5 Å². The highest BCUT2D eigenvalue weighted by molar-refractivity contribution is 8.47. The van der Waals surface area contributed by atoms with Crippen molar-refractivity contribution in [3.8, 4) is 0 Å². The first kappa shape index (κ1) is 29.7. The van der Waals surface area contributed by atoms with E-state index < -0.39 is 27.6 Å². The molecule has 31 heavy (non-hydrogen) atoms. The summed E-state index contributed by atoms with van der Waals surface area (Å²) in [5.41, 5.74) is -2.53. The van der Waals surface area contributed by atoms with Crippen molar-refractivity contribution in [2.24, 2.45) is 5.41 Å². The normalized spacial score (nSPS) is 16.6. The number of thiocarbonyl (C=S) groups is 1. The van der Waals surface area contributed by atoms with Crippen LogP contribution in [0, 0.1) is 12.0 Å². The average molecular weight is 494 g/mol. The standard InChI is InChI=1S/C20H31NO7S3/c1-7-30-17(29)31-20(4,16(25)28-11-10-26-6)13-18(2,15(23)24)12-19(3,21-5)8-9-27-14-22/h14H,7-13H2,1-4,6H3,(H,23,24). The summed E-state index contributed by atoms with van der Waals surface area (Å²) in [7, 11) is 1.48. The van der Waals surface area contributed by atoms with Crippen LogP contribution in [-0.2, 0) is 28.6 Å². The summed E-state index contributed by atoms with van der Waals surface area (Å²) < 4.78 is 14.2. The Balaban J connectivity index is 5.87. The van der Waals surface area contributed by atoms with Gasteiger partial charge in [0.05, 0.1) is 25.0 Å². The van der Waals surface area contributed by atoms with E-state index in [1.54, 1.807) is 13.8 Å². The van der Waals surface area contributed by atoms with Gasteiger partial charge in [-0.1, -0.05) is 30.9 Å². The van der Waals surface area contributed by atoms with Crippen LogP contribution in [0.1, 0.15) is 47.0 Å². The predicted molar refractivity (Wildman–Crippen MR) is 126 cm³/mol. The third-order valence-corrected chi connectivity index (χ3v) is 7.29. The van der Waals surface area contributed by atoms with Gasteiger partial charge in [-0.15, -0.1) is 11.8 Å². The van der Waals surface area contributed by atoms with Crippen LogP contribution in [0.3, 0.4) is 0 Å². The topological polar surface area (TPSA) is 103 Å². The Morgan fingerprint density at radius 1 is 1.19 bits per heavy atom. The van der Waals surface area contributed by atoms with E-state index in [0.29, 0.717) is 9.28 Å². The zero-order valence-corrected chi connectivity index (χ0v) is 21.0. The van der Waals surface area contributed by atoms with Gasteiger partial charge in [0, 0.05) is 20.5 Å². The Labute approximate surface area is 198 Å². The fourth-order valence-corrected chi connectivity index (χ4v) is 6.34. The highest BCUT2D eigenvalue weighted by Crippen LogP contribution is 2.46. The van der Waals surface area contributed by atoms with E-state index in [2.05, 4.69) is 4.85 Å². The number of carboxylic acids is 1. The molecule has 0 amide bonds. The summed E-state index contributed by atoms with van der Waals surface area (Å²) in [4.78, 5) is 39.3. The predicted octanol–water partition coefficient (Wildman–Crippen LogP) is 3.82. The maximum absolute atomic E-state index is 12.9. The van der Waals surface area contributed by atoms with Gasteiger partial charge >= 0.3 is 11.9 Å². The van der Waals surface area contributed by atoms with Crippen LogP contribution in [0.5, 0.6) is 0 Å². The molecule has 11 heteroatoms. The number of esters is 1. The Morgan fingerprint density at radius 3 is 2.32 bits per heavy atom. The summed E-state index contributed by atoms with van der Waals surface area (Å²) in [5.74, 6) is -1.01. The first-order chi connectivity index (χ1) is 14.4. The Bertz CT molecular complexity index is 684. The highest BCUT2D eigenvalue weighted by atomic mass is 32.2. The van der Waals surface area contributed by atoms with Gasteiger partial charge in [0.15, 0.2) is 0 Å². The summed E-state index contributed by atoms with van der Waals surface area (Å²) in [5, 5.41) is 10.0. The van der Waals surface area contributed by atoms with E-state index in [-0.39, 0.29) is 45.6 Å². The Morgan fingerprint density at radius 2 is 1.84 bits per heavy atom. The average Bonchev–Trinajstić information content (AvgIpc) is 2.68. The molecule has 0 aliphatic heterocycles. The lowest BCUT2D eigenvalue weighted by molar-refractivity contribution is -0.154. The summed E-state index contributed by atoms with van der Waals surface area (Å²) in [6.07, 6.45) is 0.0243. The number of aliphatic carboxylic acids is 1. The number of methoxy groups -OCH3 is 1. The molecule has 176 valence electrons. The number of nitrogens with zero attached hydrogens (tertiary/aromatic N) is 1. The van der Waals surface area contributed by atoms with Crippen LogP contribution < -0.4 is 0 Å². The first-order valence-corrected chi connectivity index (χ1v) is 11.8. The molecule has 8 nitrogen and oxygen atoms in total. The second kappa shape index (κ2) is 13.9. The highest BCUT2D eigenvalue weighted by Gasteiger charge is 2.51. The van der Waals surface area contributed by atoms with Crippen LogP contribution >= 0.6 is 35.7 Å². The molecule has 0 aromatic rings. The van der Waals surface area contributed by atoms with Gasteiger partial charge in [0.2, 0.25) is 5.54 Å². The molecule has 0 heterocycles. The maximum atomic E-state index is 12.9. The SMILES string of the molecule is [C-]#[N+]C(C)(CCOC=O)CC(C)(CC(C)(SC(=S)SCC)C(=O)OCCOC)C(=O)O. The molecule has 3 unspecified atom stereocenters. The number of hydrogen-bond donors (Lipinski definition) is 1. The molecule has 0 aromatic carbocycles. The molecular weight excluding hydrogens is 462 g/mol. The minimum atomic E-state index is -1.44. The van der Waals surface area contributed by atoms with E-state index >= 15 is 0 Å². The molecule has 0 bridgehead atoms. The second-order valence-electron chi connectivity index (χ2n) is 7.69. The minimum Gasteiger partial charge on any atom is -0.481 e. The lowest BCUT2D eigenvalue weighted by atomic mass is 9.71. The second-order valence-corrected chi connectivity index (χ2v) is 11.7. The van der Waals surface area contributed by atoms with Crippen molar-refractivity contribution in [2.75, 3.05) is 32.7 Å². The fourth-order valence-electron chi connectivity index (χ4n) is 3.16. The van der Waals surface area contributed by atoms with E-state index in [1.165, 1.54) is 25.8 Å². The molecule has 0 rings (SSSR count). The zero-order chi connectivity index (χ0) is 24.1. The summed E-state index contributed by atoms with van der Waals surface area (Å²) >= 11 is 7.85. The first-order valence-electron chi connectivity index (χ1n) is 9.61.